The number of nitrogens with one attached hydrogen (secondary N) is 1. The van der Waals surface area contributed by atoms with Crippen molar-refractivity contribution in [1.82, 2.24) is 5.32 Å². The second-order valence-electron chi connectivity index (χ2n) is 4.46. The zero-order valence-electron chi connectivity index (χ0n) is 11.5. The van der Waals surface area contributed by atoms with Crippen LogP contribution < -0.4 is 10.1 Å². The smallest absolute Gasteiger partial charge is 0.123 e. The molecule has 3 heteroatoms. The fourth-order valence-electron chi connectivity index (χ4n) is 1.99. The summed E-state index contributed by atoms with van der Waals surface area (Å²) < 4.78 is 5.59. The highest BCUT2D eigenvalue weighted by Gasteiger charge is 2.06. The summed E-state index contributed by atoms with van der Waals surface area (Å²) in [5.41, 5.74) is 1.19. The molecule has 0 saturated heterocycles. The minimum atomic E-state index is 0.274. The van der Waals surface area contributed by atoms with Gasteiger partial charge >= 0.3 is 0 Å². The second-order valence-corrected chi connectivity index (χ2v) is 4.46. The Balaban J connectivity index is 2.42. The van der Waals surface area contributed by atoms with Crippen LogP contribution in [0, 0.1) is 5.92 Å². The van der Waals surface area contributed by atoms with Crippen molar-refractivity contribution in [3.63, 3.8) is 0 Å². The molecular weight excluding hydrogens is 226 g/mol. The lowest BCUT2D eigenvalue weighted by atomic mass is 10.0. The number of aliphatic hydroxyl groups is 1. The maximum atomic E-state index is 8.95. The van der Waals surface area contributed by atoms with Crippen LogP contribution in [0.5, 0.6) is 5.75 Å². The quantitative estimate of drug-likeness (QED) is 0.709. The van der Waals surface area contributed by atoms with Crippen LogP contribution in [0.25, 0.3) is 0 Å². The standard InChI is InChI=1S/C15H25NO2/c1-3-13(9-10-17)11-16-12-14-7-5-6-8-15(14)18-4-2/h5-8,13,16-17H,3-4,9-12H2,1-2H3. The fourth-order valence-corrected chi connectivity index (χ4v) is 1.99. The van der Waals surface area contributed by atoms with Crippen LogP contribution in [0.4, 0.5) is 0 Å². The highest BCUT2D eigenvalue weighted by atomic mass is 16.5. The highest BCUT2D eigenvalue weighted by molar-refractivity contribution is 5.33. The van der Waals surface area contributed by atoms with E-state index >= 15 is 0 Å². The van der Waals surface area contributed by atoms with Crippen molar-refractivity contribution < 1.29 is 9.84 Å². The van der Waals surface area contributed by atoms with E-state index < -0.39 is 0 Å². The minimum Gasteiger partial charge on any atom is -0.494 e. The number of ether oxygens (including phenoxy) is 1. The average molecular weight is 251 g/mol. The van der Waals surface area contributed by atoms with Crippen molar-refractivity contribution in [2.45, 2.75) is 33.2 Å². The third-order valence-corrected chi connectivity index (χ3v) is 3.14. The Bertz CT molecular complexity index is 328. The molecule has 1 unspecified atom stereocenters. The second kappa shape index (κ2) is 8.95. The van der Waals surface area contributed by atoms with Crippen molar-refractivity contribution in [1.29, 1.82) is 0 Å². The molecule has 0 aliphatic rings. The van der Waals surface area contributed by atoms with Crippen LogP contribution in [0.1, 0.15) is 32.3 Å². The van der Waals surface area contributed by atoms with Gasteiger partial charge < -0.3 is 15.2 Å². The average Bonchev–Trinajstić information content (AvgIpc) is 2.40. The Labute approximate surface area is 110 Å². The van der Waals surface area contributed by atoms with Crippen LogP contribution in [-0.2, 0) is 6.54 Å². The normalized spacial score (nSPS) is 12.4. The van der Waals surface area contributed by atoms with Gasteiger partial charge in [0.05, 0.1) is 6.61 Å². The van der Waals surface area contributed by atoms with E-state index in [2.05, 4.69) is 18.3 Å². The van der Waals surface area contributed by atoms with Gasteiger partial charge in [0.1, 0.15) is 5.75 Å². The Morgan fingerprint density at radius 3 is 2.72 bits per heavy atom. The van der Waals surface area contributed by atoms with E-state index in [4.69, 9.17) is 9.84 Å². The topological polar surface area (TPSA) is 41.5 Å². The van der Waals surface area contributed by atoms with Crippen molar-refractivity contribution in [3.8, 4) is 5.75 Å². The molecule has 0 aliphatic heterocycles. The van der Waals surface area contributed by atoms with E-state index in [1.165, 1.54) is 5.56 Å². The van der Waals surface area contributed by atoms with E-state index in [-0.39, 0.29) is 6.61 Å². The third-order valence-electron chi connectivity index (χ3n) is 3.14. The van der Waals surface area contributed by atoms with Gasteiger partial charge in [-0.05, 0) is 31.9 Å². The number of para-hydroxylation sites is 1. The largest absolute Gasteiger partial charge is 0.494 e. The lowest BCUT2D eigenvalue weighted by Gasteiger charge is -2.15. The van der Waals surface area contributed by atoms with E-state index in [0.717, 1.165) is 31.7 Å². The molecule has 18 heavy (non-hydrogen) atoms. The highest BCUT2D eigenvalue weighted by Crippen LogP contribution is 2.17. The first-order chi connectivity index (χ1) is 8.81. The zero-order chi connectivity index (χ0) is 13.2. The summed E-state index contributed by atoms with van der Waals surface area (Å²) in [4.78, 5) is 0. The van der Waals surface area contributed by atoms with Gasteiger partial charge in [-0.25, -0.2) is 0 Å². The minimum absolute atomic E-state index is 0.274. The first-order valence-electron chi connectivity index (χ1n) is 6.84. The first-order valence-corrected chi connectivity index (χ1v) is 6.84. The number of benzene rings is 1. The molecule has 0 spiro atoms. The molecule has 1 aromatic rings. The predicted molar refractivity (Wildman–Crippen MR) is 74.8 cm³/mol. The molecule has 0 radical (unpaired) electrons. The molecule has 1 aromatic carbocycles. The number of hydrogen-bond donors (Lipinski definition) is 2. The predicted octanol–water partition coefficient (Wildman–Crippen LogP) is 2.58. The van der Waals surface area contributed by atoms with Crippen LogP contribution in [-0.4, -0.2) is 24.9 Å². The van der Waals surface area contributed by atoms with E-state index in [0.29, 0.717) is 12.5 Å². The molecule has 2 N–H and O–H groups in total. The van der Waals surface area contributed by atoms with Gasteiger partial charge in [0.15, 0.2) is 0 Å². The van der Waals surface area contributed by atoms with E-state index in [9.17, 15) is 0 Å². The Morgan fingerprint density at radius 2 is 2.06 bits per heavy atom. The van der Waals surface area contributed by atoms with Crippen molar-refractivity contribution in [2.24, 2.45) is 5.92 Å². The van der Waals surface area contributed by atoms with Crippen molar-refractivity contribution in [2.75, 3.05) is 19.8 Å². The van der Waals surface area contributed by atoms with Crippen molar-refractivity contribution >= 4 is 0 Å². The lowest BCUT2D eigenvalue weighted by molar-refractivity contribution is 0.251. The summed E-state index contributed by atoms with van der Waals surface area (Å²) in [6, 6.07) is 8.12. The summed E-state index contributed by atoms with van der Waals surface area (Å²) in [5, 5.41) is 12.4. The van der Waals surface area contributed by atoms with Crippen molar-refractivity contribution in [3.05, 3.63) is 29.8 Å². The molecule has 0 saturated carbocycles. The van der Waals surface area contributed by atoms with Gasteiger partial charge in [0.2, 0.25) is 0 Å². The third kappa shape index (κ3) is 5.07. The van der Waals surface area contributed by atoms with Gasteiger partial charge in [0.25, 0.3) is 0 Å². The van der Waals surface area contributed by atoms with Crippen LogP contribution in [0.15, 0.2) is 24.3 Å². The Morgan fingerprint density at radius 1 is 1.28 bits per heavy atom. The van der Waals surface area contributed by atoms with Crippen LogP contribution >= 0.6 is 0 Å². The van der Waals surface area contributed by atoms with Gasteiger partial charge in [-0.1, -0.05) is 31.5 Å². The lowest BCUT2D eigenvalue weighted by Crippen LogP contribution is -2.23. The molecule has 0 fully saturated rings. The molecule has 3 nitrogen and oxygen atoms in total. The maximum absolute atomic E-state index is 8.95. The van der Waals surface area contributed by atoms with Gasteiger partial charge in [0, 0.05) is 18.7 Å². The van der Waals surface area contributed by atoms with E-state index in [1.54, 1.807) is 0 Å². The molecule has 1 rings (SSSR count). The Hall–Kier alpha value is -1.06. The SMILES string of the molecule is CCOc1ccccc1CNCC(CC)CCO. The molecule has 0 heterocycles. The molecule has 0 aliphatic carbocycles. The molecule has 0 aromatic heterocycles. The zero-order valence-corrected chi connectivity index (χ0v) is 11.5. The monoisotopic (exact) mass is 251 g/mol. The molecule has 0 amide bonds. The summed E-state index contributed by atoms with van der Waals surface area (Å²) in [6.45, 7) is 6.89. The number of rotatable bonds is 9. The van der Waals surface area contributed by atoms with Crippen LogP contribution in [0.2, 0.25) is 0 Å². The molecule has 0 bridgehead atoms. The maximum Gasteiger partial charge on any atom is 0.123 e. The molecule has 102 valence electrons. The summed E-state index contributed by atoms with van der Waals surface area (Å²) in [6.07, 6.45) is 1.97. The summed E-state index contributed by atoms with van der Waals surface area (Å²) >= 11 is 0. The number of aliphatic hydroxyl groups excluding tert-OH is 1. The summed E-state index contributed by atoms with van der Waals surface area (Å²) in [5.74, 6) is 1.51. The number of hydrogen-bond acceptors (Lipinski definition) is 3. The van der Waals surface area contributed by atoms with Gasteiger partial charge in [-0.15, -0.1) is 0 Å². The molecule has 1 atom stereocenters. The van der Waals surface area contributed by atoms with E-state index in [1.807, 2.05) is 25.1 Å². The first kappa shape index (κ1) is 15.0. The summed E-state index contributed by atoms with van der Waals surface area (Å²) in [7, 11) is 0. The van der Waals surface area contributed by atoms with Crippen LogP contribution in [0.3, 0.4) is 0 Å². The van der Waals surface area contributed by atoms with Gasteiger partial charge in [-0.3, -0.25) is 0 Å². The molecular formula is C15H25NO2. The van der Waals surface area contributed by atoms with Gasteiger partial charge in [-0.2, -0.15) is 0 Å². The fraction of sp³-hybridized carbons (Fsp3) is 0.600. The Kier molecular flexibility index (Phi) is 7.46.